The summed E-state index contributed by atoms with van der Waals surface area (Å²) in [6.45, 7) is 0. The Morgan fingerprint density at radius 2 is 2.07 bits per heavy atom. The number of hydrogen-bond acceptors (Lipinski definition) is 1. The molecule has 1 heterocycles. The highest BCUT2D eigenvalue weighted by Gasteiger charge is 2.05. The average molecular weight is 190 g/mol. The summed E-state index contributed by atoms with van der Waals surface area (Å²) in [5.41, 5.74) is 2.32. The van der Waals surface area contributed by atoms with Crippen molar-refractivity contribution in [3.63, 3.8) is 0 Å². The molecule has 3 heteroatoms. The van der Waals surface area contributed by atoms with E-state index in [1.165, 1.54) is 6.07 Å². The van der Waals surface area contributed by atoms with Gasteiger partial charge in [0, 0.05) is 18.8 Å². The second-order valence-electron chi connectivity index (χ2n) is 3.03. The molecule has 0 unspecified atom stereocenters. The lowest BCUT2D eigenvalue weighted by molar-refractivity contribution is 0.631. The molecule has 0 aliphatic heterocycles. The third kappa shape index (κ3) is 1.48. The molecular formula is C11H11FN2. The van der Waals surface area contributed by atoms with Gasteiger partial charge in [-0.3, -0.25) is 0 Å². The second-order valence-corrected chi connectivity index (χ2v) is 3.03. The number of hydrogen-bond donors (Lipinski definition) is 2. The molecular weight excluding hydrogens is 179 g/mol. The fourth-order valence-electron chi connectivity index (χ4n) is 1.37. The minimum atomic E-state index is -0.211. The van der Waals surface area contributed by atoms with Crippen LogP contribution in [0.5, 0.6) is 0 Å². The van der Waals surface area contributed by atoms with Gasteiger partial charge in [0.1, 0.15) is 5.82 Å². The maximum Gasteiger partial charge on any atom is 0.132 e. The summed E-state index contributed by atoms with van der Waals surface area (Å²) in [7, 11) is 1.83. The number of aromatic amines is 1. The molecule has 0 spiro atoms. The molecule has 0 atom stereocenters. The zero-order valence-electron chi connectivity index (χ0n) is 7.84. The maximum atomic E-state index is 13.3. The number of benzene rings is 1. The van der Waals surface area contributed by atoms with E-state index in [2.05, 4.69) is 10.3 Å². The molecule has 0 aliphatic carbocycles. The van der Waals surface area contributed by atoms with Gasteiger partial charge in [-0.25, -0.2) is 4.39 Å². The summed E-state index contributed by atoms with van der Waals surface area (Å²) in [5, 5.41) is 2.98. The second kappa shape index (κ2) is 3.54. The van der Waals surface area contributed by atoms with E-state index in [4.69, 9.17) is 0 Å². The van der Waals surface area contributed by atoms with Crippen LogP contribution in [0.1, 0.15) is 0 Å². The first-order chi connectivity index (χ1) is 6.81. The van der Waals surface area contributed by atoms with Gasteiger partial charge < -0.3 is 10.3 Å². The molecule has 0 amide bonds. The summed E-state index contributed by atoms with van der Waals surface area (Å²) in [4.78, 5) is 3.01. The summed E-state index contributed by atoms with van der Waals surface area (Å²) < 4.78 is 13.3. The molecule has 0 fully saturated rings. The van der Waals surface area contributed by atoms with Crippen molar-refractivity contribution in [1.82, 2.24) is 4.98 Å². The number of anilines is 1. The van der Waals surface area contributed by atoms with Crippen LogP contribution in [0.4, 0.5) is 10.1 Å². The number of aromatic nitrogens is 1. The van der Waals surface area contributed by atoms with Crippen molar-refractivity contribution in [1.29, 1.82) is 0 Å². The Morgan fingerprint density at radius 1 is 1.29 bits per heavy atom. The monoisotopic (exact) mass is 190 g/mol. The molecule has 1 aromatic heterocycles. The van der Waals surface area contributed by atoms with Gasteiger partial charge >= 0.3 is 0 Å². The van der Waals surface area contributed by atoms with Gasteiger partial charge in [-0.15, -0.1) is 0 Å². The summed E-state index contributed by atoms with van der Waals surface area (Å²) in [6, 6.07) is 8.58. The Kier molecular flexibility index (Phi) is 2.23. The van der Waals surface area contributed by atoms with Crippen molar-refractivity contribution < 1.29 is 4.39 Å². The third-order valence-electron chi connectivity index (χ3n) is 2.14. The van der Waals surface area contributed by atoms with Crippen molar-refractivity contribution in [3.8, 4) is 11.3 Å². The SMILES string of the molecule is CNc1c[nH]c(-c2ccccc2F)c1. The number of nitrogens with one attached hydrogen (secondary N) is 2. The van der Waals surface area contributed by atoms with E-state index >= 15 is 0 Å². The molecule has 0 radical (unpaired) electrons. The Bertz CT molecular complexity index is 434. The van der Waals surface area contributed by atoms with E-state index in [0.717, 1.165) is 11.4 Å². The highest BCUT2D eigenvalue weighted by atomic mass is 19.1. The fourth-order valence-corrected chi connectivity index (χ4v) is 1.37. The lowest BCUT2D eigenvalue weighted by Crippen LogP contribution is -1.83. The lowest BCUT2D eigenvalue weighted by Gasteiger charge is -1.98. The molecule has 2 nitrogen and oxygen atoms in total. The highest BCUT2D eigenvalue weighted by molar-refractivity contribution is 5.65. The molecule has 2 rings (SSSR count). The van der Waals surface area contributed by atoms with E-state index < -0.39 is 0 Å². The van der Waals surface area contributed by atoms with E-state index in [9.17, 15) is 4.39 Å². The van der Waals surface area contributed by atoms with Gasteiger partial charge in [0.15, 0.2) is 0 Å². The maximum absolute atomic E-state index is 13.3. The lowest BCUT2D eigenvalue weighted by atomic mass is 10.1. The standard InChI is InChI=1S/C11H11FN2/c1-13-8-6-11(14-7-8)9-4-2-3-5-10(9)12/h2-7,13-14H,1H3. The predicted octanol–water partition coefficient (Wildman–Crippen LogP) is 2.86. The summed E-state index contributed by atoms with van der Waals surface area (Å²) in [5.74, 6) is -0.211. The molecule has 1 aromatic carbocycles. The Labute approximate surface area is 81.8 Å². The van der Waals surface area contributed by atoms with Gasteiger partial charge in [-0.2, -0.15) is 0 Å². The van der Waals surface area contributed by atoms with E-state index in [-0.39, 0.29) is 5.82 Å². The van der Waals surface area contributed by atoms with Crippen LogP contribution < -0.4 is 5.32 Å². The number of rotatable bonds is 2. The van der Waals surface area contributed by atoms with Gasteiger partial charge in [0.2, 0.25) is 0 Å². The first-order valence-corrected chi connectivity index (χ1v) is 4.42. The van der Waals surface area contributed by atoms with Crippen LogP contribution >= 0.6 is 0 Å². The van der Waals surface area contributed by atoms with Crippen LogP contribution in [0.15, 0.2) is 36.5 Å². The topological polar surface area (TPSA) is 27.8 Å². The fraction of sp³-hybridized carbons (Fsp3) is 0.0909. The predicted molar refractivity (Wildman–Crippen MR) is 55.7 cm³/mol. The van der Waals surface area contributed by atoms with E-state index in [1.54, 1.807) is 12.1 Å². The zero-order valence-corrected chi connectivity index (χ0v) is 7.84. The van der Waals surface area contributed by atoms with Crippen LogP contribution in [0.2, 0.25) is 0 Å². The van der Waals surface area contributed by atoms with Crippen LogP contribution in [-0.4, -0.2) is 12.0 Å². The minimum absolute atomic E-state index is 0.211. The van der Waals surface area contributed by atoms with E-state index in [1.807, 2.05) is 25.4 Å². The van der Waals surface area contributed by atoms with Gasteiger partial charge in [0.05, 0.1) is 11.4 Å². The smallest absolute Gasteiger partial charge is 0.132 e. The molecule has 0 saturated heterocycles. The van der Waals surface area contributed by atoms with Crippen molar-refractivity contribution in [3.05, 3.63) is 42.3 Å². The molecule has 2 aromatic rings. The van der Waals surface area contributed by atoms with Gasteiger partial charge in [-0.05, 0) is 18.2 Å². The quantitative estimate of drug-likeness (QED) is 0.748. The minimum Gasteiger partial charge on any atom is -0.387 e. The molecule has 0 saturated carbocycles. The highest BCUT2D eigenvalue weighted by Crippen LogP contribution is 2.23. The Balaban J connectivity index is 2.44. The van der Waals surface area contributed by atoms with Crippen molar-refractivity contribution in [2.45, 2.75) is 0 Å². The number of halogens is 1. The van der Waals surface area contributed by atoms with Crippen LogP contribution in [-0.2, 0) is 0 Å². The third-order valence-corrected chi connectivity index (χ3v) is 2.14. The molecule has 0 bridgehead atoms. The average Bonchev–Trinajstić information content (AvgIpc) is 2.67. The first kappa shape index (κ1) is 8.81. The van der Waals surface area contributed by atoms with Crippen molar-refractivity contribution in [2.75, 3.05) is 12.4 Å². The van der Waals surface area contributed by atoms with Crippen LogP contribution in [0.25, 0.3) is 11.3 Å². The van der Waals surface area contributed by atoms with E-state index in [0.29, 0.717) is 5.56 Å². The van der Waals surface area contributed by atoms with Crippen molar-refractivity contribution in [2.24, 2.45) is 0 Å². The Hall–Kier alpha value is -1.77. The largest absolute Gasteiger partial charge is 0.387 e. The Morgan fingerprint density at radius 3 is 2.71 bits per heavy atom. The normalized spacial score (nSPS) is 10.1. The zero-order chi connectivity index (χ0) is 9.97. The summed E-state index contributed by atoms with van der Waals surface area (Å²) in [6.07, 6.45) is 1.81. The first-order valence-electron chi connectivity index (χ1n) is 4.42. The van der Waals surface area contributed by atoms with Crippen molar-refractivity contribution >= 4 is 5.69 Å². The molecule has 0 aliphatic rings. The van der Waals surface area contributed by atoms with Gasteiger partial charge in [0.25, 0.3) is 0 Å². The molecule has 14 heavy (non-hydrogen) atoms. The van der Waals surface area contributed by atoms with Crippen LogP contribution in [0.3, 0.4) is 0 Å². The van der Waals surface area contributed by atoms with Gasteiger partial charge in [-0.1, -0.05) is 12.1 Å². The summed E-state index contributed by atoms with van der Waals surface area (Å²) >= 11 is 0. The molecule has 2 N–H and O–H groups in total. The van der Waals surface area contributed by atoms with Crippen LogP contribution in [0, 0.1) is 5.82 Å². The molecule has 72 valence electrons. The number of H-pyrrole nitrogens is 1.